The molecule has 0 amide bonds. The van der Waals surface area contributed by atoms with Gasteiger partial charge in [-0.25, -0.2) is 19.5 Å². The molecule has 3 aromatic rings. The van der Waals surface area contributed by atoms with Crippen LogP contribution in [0.5, 0.6) is 0 Å². The van der Waals surface area contributed by atoms with E-state index in [0.29, 0.717) is 11.3 Å². The third-order valence-electron chi connectivity index (χ3n) is 3.55. The van der Waals surface area contributed by atoms with Gasteiger partial charge in [-0.05, 0) is 38.5 Å². The SMILES string of the molecule is CC(C)=Nc1ncc(-c2ccn3nc(NCC(F)(F)F)ncc23)cc1C. The molecule has 0 saturated heterocycles. The Morgan fingerprint density at radius 3 is 2.65 bits per heavy atom. The molecule has 3 aromatic heterocycles. The maximum absolute atomic E-state index is 12.3. The van der Waals surface area contributed by atoms with Crippen LogP contribution in [0.4, 0.5) is 24.9 Å². The van der Waals surface area contributed by atoms with Crippen LogP contribution in [0.1, 0.15) is 19.4 Å². The van der Waals surface area contributed by atoms with Crippen molar-refractivity contribution in [3.05, 3.63) is 36.3 Å². The van der Waals surface area contributed by atoms with Gasteiger partial charge in [0.05, 0.1) is 11.7 Å². The van der Waals surface area contributed by atoms with Gasteiger partial charge in [-0.3, -0.25) is 0 Å². The number of fused-ring (bicyclic) bond motifs is 1. The number of rotatable bonds is 4. The molecule has 0 fully saturated rings. The summed E-state index contributed by atoms with van der Waals surface area (Å²) in [6.07, 6.45) is 0.533. The van der Waals surface area contributed by atoms with Crippen LogP contribution in [0.3, 0.4) is 0 Å². The summed E-state index contributed by atoms with van der Waals surface area (Å²) in [5.41, 5.74) is 4.21. The molecule has 136 valence electrons. The number of nitrogens with zero attached hydrogens (tertiary/aromatic N) is 5. The molecular weight excluding hydrogens is 345 g/mol. The number of nitrogens with one attached hydrogen (secondary N) is 1. The number of aryl methyl sites for hydroxylation is 1. The molecule has 0 aliphatic heterocycles. The van der Waals surface area contributed by atoms with Crippen molar-refractivity contribution in [1.82, 2.24) is 19.6 Å². The molecule has 0 unspecified atom stereocenters. The minimum Gasteiger partial charge on any atom is -0.344 e. The van der Waals surface area contributed by atoms with Gasteiger partial charge in [0.15, 0.2) is 5.82 Å². The minimum atomic E-state index is -4.33. The van der Waals surface area contributed by atoms with Crippen LogP contribution in [0.15, 0.2) is 35.7 Å². The summed E-state index contributed by atoms with van der Waals surface area (Å²) in [5.74, 6) is 0.571. The van der Waals surface area contributed by atoms with E-state index in [0.717, 1.165) is 22.4 Å². The molecule has 0 bridgehead atoms. The smallest absolute Gasteiger partial charge is 0.344 e. The maximum Gasteiger partial charge on any atom is 0.405 e. The fraction of sp³-hybridized carbons (Fsp3) is 0.294. The largest absolute Gasteiger partial charge is 0.405 e. The Balaban J connectivity index is 1.92. The number of anilines is 1. The third-order valence-corrected chi connectivity index (χ3v) is 3.55. The van der Waals surface area contributed by atoms with Crippen molar-refractivity contribution >= 4 is 23.0 Å². The summed E-state index contributed by atoms with van der Waals surface area (Å²) < 4.78 is 38.4. The monoisotopic (exact) mass is 362 g/mol. The van der Waals surface area contributed by atoms with Crippen LogP contribution in [-0.2, 0) is 0 Å². The fourth-order valence-electron chi connectivity index (χ4n) is 2.45. The average molecular weight is 362 g/mol. The van der Waals surface area contributed by atoms with Crippen molar-refractivity contribution in [2.45, 2.75) is 26.9 Å². The summed E-state index contributed by atoms with van der Waals surface area (Å²) >= 11 is 0. The van der Waals surface area contributed by atoms with E-state index in [4.69, 9.17) is 0 Å². The van der Waals surface area contributed by atoms with Crippen LogP contribution in [-0.4, -0.2) is 38.0 Å². The zero-order valence-corrected chi connectivity index (χ0v) is 14.5. The number of pyridine rings is 1. The molecule has 1 N–H and O–H groups in total. The normalized spacial score (nSPS) is 11.6. The molecule has 9 heteroatoms. The maximum atomic E-state index is 12.3. The van der Waals surface area contributed by atoms with E-state index in [1.807, 2.05) is 32.9 Å². The number of aromatic nitrogens is 4. The first-order chi connectivity index (χ1) is 12.2. The standard InChI is InChI=1S/C17H17F3N6/c1-10(2)24-15-11(3)6-12(7-21-15)13-4-5-26-14(13)8-22-16(25-26)23-9-17(18,19)20/h4-8H,9H2,1-3H3,(H,23,25). The molecule has 0 aliphatic carbocycles. The lowest BCUT2D eigenvalue weighted by molar-refractivity contribution is -0.115. The Labute approximate surface area is 147 Å². The van der Waals surface area contributed by atoms with E-state index >= 15 is 0 Å². The highest BCUT2D eigenvalue weighted by molar-refractivity contribution is 5.83. The van der Waals surface area contributed by atoms with Gasteiger partial charge in [0, 0.05) is 29.2 Å². The summed E-state index contributed by atoms with van der Waals surface area (Å²) in [5, 5.41) is 6.22. The molecule has 26 heavy (non-hydrogen) atoms. The van der Waals surface area contributed by atoms with Crippen molar-refractivity contribution in [1.29, 1.82) is 0 Å². The van der Waals surface area contributed by atoms with Gasteiger partial charge >= 0.3 is 6.18 Å². The number of hydrogen-bond acceptors (Lipinski definition) is 5. The zero-order chi connectivity index (χ0) is 18.9. The number of alkyl halides is 3. The molecule has 0 atom stereocenters. The second kappa shape index (κ2) is 6.74. The molecule has 0 aliphatic rings. The van der Waals surface area contributed by atoms with Gasteiger partial charge in [0.2, 0.25) is 5.95 Å². The second-order valence-electron chi connectivity index (χ2n) is 6.03. The van der Waals surface area contributed by atoms with E-state index in [1.54, 1.807) is 12.4 Å². The van der Waals surface area contributed by atoms with Gasteiger partial charge in [-0.2, -0.15) is 13.2 Å². The van der Waals surface area contributed by atoms with Crippen molar-refractivity contribution < 1.29 is 13.2 Å². The van der Waals surface area contributed by atoms with Crippen LogP contribution in [0.25, 0.3) is 16.6 Å². The predicted octanol–water partition coefficient (Wildman–Crippen LogP) is 4.19. The van der Waals surface area contributed by atoms with Gasteiger partial charge in [-0.1, -0.05) is 0 Å². The molecule has 0 saturated carbocycles. The van der Waals surface area contributed by atoms with Gasteiger partial charge in [0.1, 0.15) is 6.54 Å². The Hall–Kier alpha value is -2.97. The third kappa shape index (κ3) is 3.98. The van der Waals surface area contributed by atoms with E-state index in [1.165, 1.54) is 10.7 Å². The molecule has 0 radical (unpaired) electrons. The summed E-state index contributed by atoms with van der Waals surface area (Å²) in [6.45, 7) is 4.54. The molecule has 3 rings (SSSR count). The summed E-state index contributed by atoms with van der Waals surface area (Å²) in [6, 6.07) is 3.78. The van der Waals surface area contributed by atoms with E-state index < -0.39 is 12.7 Å². The first-order valence-electron chi connectivity index (χ1n) is 7.87. The molecule has 0 aromatic carbocycles. The highest BCUT2D eigenvalue weighted by Crippen LogP contribution is 2.28. The average Bonchev–Trinajstić information content (AvgIpc) is 2.97. The Morgan fingerprint density at radius 1 is 1.23 bits per heavy atom. The summed E-state index contributed by atoms with van der Waals surface area (Å²) in [7, 11) is 0. The Morgan fingerprint density at radius 2 is 2.00 bits per heavy atom. The quantitative estimate of drug-likeness (QED) is 0.707. The highest BCUT2D eigenvalue weighted by atomic mass is 19.4. The van der Waals surface area contributed by atoms with Gasteiger partial charge in [-0.15, -0.1) is 5.10 Å². The number of hydrogen-bond donors (Lipinski definition) is 1. The van der Waals surface area contributed by atoms with E-state index in [2.05, 4.69) is 25.4 Å². The molecule has 0 spiro atoms. The first kappa shape index (κ1) is 17.8. The van der Waals surface area contributed by atoms with Crippen molar-refractivity contribution in [2.24, 2.45) is 4.99 Å². The topological polar surface area (TPSA) is 67.5 Å². The molecular formula is C17H17F3N6. The highest BCUT2D eigenvalue weighted by Gasteiger charge is 2.27. The minimum absolute atomic E-state index is 0.0885. The Bertz CT molecular complexity index is 970. The van der Waals surface area contributed by atoms with Crippen molar-refractivity contribution in [3.8, 4) is 11.1 Å². The molecule has 6 nitrogen and oxygen atoms in total. The Kier molecular flexibility index (Phi) is 4.62. The van der Waals surface area contributed by atoms with Gasteiger partial charge in [0.25, 0.3) is 0 Å². The zero-order valence-electron chi connectivity index (χ0n) is 14.5. The van der Waals surface area contributed by atoms with Crippen LogP contribution in [0.2, 0.25) is 0 Å². The fourth-order valence-corrected chi connectivity index (χ4v) is 2.45. The second-order valence-corrected chi connectivity index (χ2v) is 6.03. The number of aliphatic imine (C=N–C) groups is 1. The van der Waals surface area contributed by atoms with Gasteiger partial charge < -0.3 is 5.32 Å². The number of halogens is 3. The lowest BCUT2D eigenvalue weighted by atomic mass is 10.1. The van der Waals surface area contributed by atoms with Crippen molar-refractivity contribution in [3.63, 3.8) is 0 Å². The lowest BCUT2D eigenvalue weighted by Gasteiger charge is -2.08. The van der Waals surface area contributed by atoms with Crippen molar-refractivity contribution in [2.75, 3.05) is 11.9 Å². The van der Waals surface area contributed by atoms with E-state index in [9.17, 15) is 13.2 Å². The summed E-state index contributed by atoms with van der Waals surface area (Å²) in [4.78, 5) is 12.7. The van der Waals surface area contributed by atoms with Crippen LogP contribution >= 0.6 is 0 Å². The first-order valence-corrected chi connectivity index (χ1v) is 7.87. The lowest BCUT2D eigenvalue weighted by Crippen LogP contribution is -2.22. The predicted molar refractivity (Wildman–Crippen MR) is 93.9 cm³/mol. The van der Waals surface area contributed by atoms with Crippen LogP contribution < -0.4 is 5.32 Å². The van der Waals surface area contributed by atoms with E-state index in [-0.39, 0.29) is 5.95 Å². The molecule has 3 heterocycles. The van der Waals surface area contributed by atoms with Crippen LogP contribution in [0, 0.1) is 6.92 Å².